The Labute approximate surface area is 195 Å². The van der Waals surface area contributed by atoms with Crippen LogP contribution in [0.25, 0.3) is 43.6 Å². The van der Waals surface area contributed by atoms with Crippen LogP contribution < -0.4 is 5.32 Å². The van der Waals surface area contributed by atoms with E-state index < -0.39 is 6.10 Å². The summed E-state index contributed by atoms with van der Waals surface area (Å²) in [6.07, 6.45) is -0.524. The predicted octanol–water partition coefficient (Wildman–Crippen LogP) is 3.37. The van der Waals surface area contributed by atoms with Crippen LogP contribution >= 0.6 is 0 Å². The van der Waals surface area contributed by atoms with Crippen molar-refractivity contribution in [3.63, 3.8) is 0 Å². The van der Waals surface area contributed by atoms with Gasteiger partial charge in [-0.1, -0.05) is 36.4 Å². The summed E-state index contributed by atoms with van der Waals surface area (Å²) in [5.74, 6) is -0.0177. The van der Waals surface area contributed by atoms with Gasteiger partial charge in [0.15, 0.2) is 0 Å². The molecule has 3 N–H and O–H groups in total. The third-order valence-electron chi connectivity index (χ3n) is 7.39. The standard InChI is InChI=1S/C27H26N4O3/c32-16(14-30-9-11-34-12-10-30)15-31-21-8-4-2-6-18(21)22-19-13-28-27(33)24(19)23-17-5-1-3-7-20(17)29-25(23)26(22)31/h1-8,16,29,32H,9-15H2,(H,28,33). The zero-order chi connectivity index (χ0) is 22.8. The van der Waals surface area contributed by atoms with Crippen molar-refractivity contribution in [2.45, 2.75) is 19.2 Å². The van der Waals surface area contributed by atoms with Gasteiger partial charge in [0.2, 0.25) is 0 Å². The van der Waals surface area contributed by atoms with Gasteiger partial charge in [-0.3, -0.25) is 9.69 Å². The Balaban J connectivity index is 1.51. The number of carbonyl (C=O) groups is 1. The van der Waals surface area contributed by atoms with E-state index in [0.717, 1.165) is 67.8 Å². The van der Waals surface area contributed by atoms with Crippen molar-refractivity contribution in [1.29, 1.82) is 0 Å². The number of rotatable bonds is 4. The fourth-order valence-corrected chi connectivity index (χ4v) is 5.95. The number of ether oxygens (including phenoxy) is 1. The first-order chi connectivity index (χ1) is 16.7. The second-order valence-corrected chi connectivity index (χ2v) is 9.37. The van der Waals surface area contributed by atoms with Crippen LogP contribution in [0.15, 0.2) is 48.5 Å². The number of morpholine rings is 1. The fourth-order valence-electron chi connectivity index (χ4n) is 5.95. The molecule has 172 valence electrons. The first-order valence-corrected chi connectivity index (χ1v) is 11.9. The number of benzene rings is 3. The van der Waals surface area contributed by atoms with E-state index in [-0.39, 0.29) is 5.91 Å². The minimum Gasteiger partial charge on any atom is -0.390 e. The Bertz CT molecular complexity index is 1590. The second-order valence-electron chi connectivity index (χ2n) is 9.37. The number of hydrogen-bond acceptors (Lipinski definition) is 4. The van der Waals surface area contributed by atoms with Crippen molar-refractivity contribution in [2.24, 2.45) is 0 Å². The quantitative estimate of drug-likeness (QED) is 0.389. The number of aromatic nitrogens is 2. The SMILES string of the molecule is O=C1NCc2c1c1c3ccccc3[nH]c1c1c2c2ccccc2n1CC(O)CN1CCOCC1. The number of β-amino-alcohol motifs (C(OH)–C–C–N with tert-alkyl or cyclic N) is 1. The summed E-state index contributed by atoms with van der Waals surface area (Å²) < 4.78 is 7.71. The monoisotopic (exact) mass is 454 g/mol. The molecule has 0 radical (unpaired) electrons. The van der Waals surface area contributed by atoms with E-state index in [1.807, 2.05) is 24.3 Å². The highest BCUT2D eigenvalue weighted by Gasteiger charge is 2.31. The first kappa shape index (κ1) is 20.0. The smallest absolute Gasteiger partial charge is 0.252 e. The predicted molar refractivity (Wildman–Crippen MR) is 133 cm³/mol. The summed E-state index contributed by atoms with van der Waals surface area (Å²) in [6.45, 7) is 4.72. The maximum atomic E-state index is 13.0. The molecule has 1 amide bonds. The minimum absolute atomic E-state index is 0.0177. The number of amides is 1. The molecule has 4 heterocycles. The number of nitrogens with zero attached hydrogens (tertiary/aromatic N) is 2. The topological polar surface area (TPSA) is 82.5 Å². The molecular formula is C27H26N4O3. The van der Waals surface area contributed by atoms with Crippen LogP contribution in [-0.4, -0.2) is 64.4 Å². The number of para-hydroxylation sites is 2. The summed E-state index contributed by atoms with van der Waals surface area (Å²) in [5.41, 5.74) is 5.93. The fraction of sp³-hybridized carbons (Fsp3) is 0.296. The Morgan fingerprint density at radius 1 is 0.971 bits per heavy atom. The van der Waals surface area contributed by atoms with Gasteiger partial charge in [-0.15, -0.1) is 0 Å². The number of H-pyrrole nitrogens is 1. The van der Waals surface area contributed by atoms with Gasteiger partial charge in [0, 0.05) is 58.8 Å². The van der Waals surface area contributed by atoms with Crippen LogP contribution in [0, 0.1) is 0 Å². The van der Waals surface area contributed by atoms with E-state index in [9.17, 15) is 9.90 Å². The Morgan fingerprint density at radius 2 is 1.74 bits per heavy atom. The van der Waals surface area contributed by atoms with Gasteiger partial charge in [-0.05, 0) is 17.7 Å². The third kappa shape index (κ3) is 2.84. The van der Waals surface area contributed by atoms with Gasteiger partial charge in [-0.25, -0.2) is 0 Å². The molecular weight excluding hydrogens is 428 g/mol. The number of fused-ring (bicyclic) bond motifs is 10. The second kappa shape index (κ2) is 7.56. The van der Waals surface area contributed by atoms with Crippen molar-refractivity contribution in [3.8, 4) is 0 Å². The van der Waals surface area contributed by atoms with Crippen LogP contribution in [0.5, 0.6) is 0 Å². The van der Waals surface area contributed by atoms with E-state index >= 15 is 0 Å². The molecule has 3 aromatic carbocycles. The van der Waals surface area contributed by atoms with Crippen molar-refractivity contribution >= 4 is 49.5 Å². The normalized spacial score (nSPS) is 17.7. The largest absolute Gasteiger partial charge is 0.390 e. The van der Waals surface area contributed by atoms with Gasteiger partial charge in [-0.2, -0.15) is 0 Å². The maximum absolute atomic E-state index is 13.0. The average Bonchev–Trinajstić information content (AvgIpc) is 3.52. The van der Waals surface area contributed by atoms with Gasteiger partial charge in [0.25, 0.3) is 5.91 Å². The first-order valence-electron chi connectivity index (χ1n) is 11.9. The van der Waals surface area contributed by atoms with Crippen LogP contribution in [0.3, 0.4) is 0 Å². The molecule has 5 aromatic rings. The van der Waals surface area contributed by atoms with Crippen molar-refractivity contribution in [3.05, 3.63) is 59.7 Å². The van der Waals surface area contributed by atoms with E-state index in [1.165, 1.54) is 0 Å². The van der Waals surface area contributed by atoms with E-state index in [4.69, 9.17) is 4.74 Å². The van der Waals surface area contributed by atoms with E-state index in [0.29, 0.717) is 32.8 Å². The molecule has 7 nitrogen and oxygen atoms in total. The molecule has 7 rings (SSSR count). The number of aliphatic hydroxyl groups excluding tert-OH is 1. The molecule has 1 unspecified atom stereocenters. The van der Waals surface area contributed by atoms with Gasteiger partial charge in [0.05, 0.1) is 42.5 Å². The lowest BCUT2D eigenvalue weighted by atomic mass is 9.97. The maximum Gasteiger partial charge on any atom is 0.252 e. The molecule has 0 aliphatic carbocycles. The highest BCUT2D eigenvalue weighted by atomic mass is 16.5. The van der Waals surface area contributed by atoms with Crippen LogP contribution in [0.2, 0.25) is 0 Å². The van der Waals surface area contributed by atoms with Crippen LogP contribution in [0.4, 0.5) is 0 Å². The highest BCUT2D eigenvalue weighted by molar-refractivity contribution is 6.30. The van der Waals surface area contributed by atoms with Gasteiger partial charge >= 0.3 is 0 Å². The number of carbonyl (C=O) groups excluding carboxylic acids is 1. The molecule has 1 fully saturated rings. The number of aliphatic hydroxyl groups is 1. The van der Waals surface area contributed by atoms with Crippen LogP contribution in [-0.2, 0) is 17.8 Å². The number of hydrogen-bond donors (Lipinski definition) is 3. The summed E-state index contributed by atoms with van der Waals surface area (Å²) >= 11 is 0. The highest BCUT2D eigenvalue weighted by Crippen LogP contribution is 2.43. The summed E-state index contributed by atoms with van der Waals surface area (Å²) in [4.78, 5) is 18.9. The summed E-state index contributed by atoms with van der Waals surface area (Å²) in [6, 6.07) is 16.5. The molecule has 1 saturated heterocycles. The van der Waals surface area contributed by atoms with E-state index in [1.54, 1.807) is 0 Å². The molecule has 0 bridgehead atoms. The van der Waals surface area contributed by atoms with Crippen molar-refractivity contribution < 1.29 is 14.6 Å². The molecule has 2 aromatic heterocycles. The lowest BCUT2D eigenvalue weighted by Gasteiger charge is -2.28. The van der Waals surface area contributed by atoms with Crippen molar-refractivity contribution in [1.82, 2.24) is 19.8 Å². The zero-order valence-electron chi connectivity index (χ0n) is 18.8. The molecule has 0 saturated carbocycles. The molecule has 2 aliphatic rings. The van der Waals surface area contributed by atoms with E-state index in [2.05, 4.69) is 44.0 Å². The molecule has 34 heavy (non-hydrogen) atoms. The Kier molecular flexibility index (Phi) is 4.45. The third-order valence-corrected chi connectivity index (χ3v) is 7.39. The lowest BCUT2D eigenvalue weighted by molar-refractivity contribution is 0.0120. The molecule has 2 aliphatic heterocycles. The minimum atomic E-state index is -0.524. The van der Waals surface area contributed by atoms with Gasteiger partial charge < -0.3 is 24.7 Å². The summed E-state index contributed by atoms with van der Waals surface area (Å²) in [7, 11) is 0. The molecule has 7 heteroatoms. The summed E-state index contributed by atoms with van der Waals surface area (Å²) in [5, 5.41) is 18.5. The Hall–Kier alpha value is -3.39. The van der Waals surface area contributed by atoms with Gasteiger partial charge in [0.1, 0.15) is 0 Å². The average molecular weight is 455 g/mol. The van der Waals surface area contributed by atoms with Crippen molar-refractivity contribution in [2.75, 3.05) is 32.8 Å². The number of aromatic amines is 1. The zero-order valence-corrected chi connectivity index (χ0v) is 18.8. The molecule has 1 atom stereocenters. The lowest BCUT2D eigenvalue weighted by Crippen LogP contribution is -2.42. The van der Waals surface area contributed by atoms with Crippen LogP contribution in [0.1, 0.15) is 15.9 Å². The number of nitrogens with one attached hydrogen (secondary N) is 2. The molecule has 0 spiro atoms. The Morgan fingerprint density at radius 3 is 2.59 bits per heavy atom.